The van der Waals surface area contributed by atoms with E-state index in [0.717, 1.165) is 0 Å². The van der Waals surface area contributed by atoms with Gasteiger partial charge in [0.05, 0.1) is 23.7 Å². The van der Waals surface area contributed by atoms with Gasteiger partial charge in [0, 0.05) is 18.2 Å². The molecule has 2 aromatic rings. The summed E-state index contributed by atoms with van der Waals surface area (Å²) in [7, 11) is 1.50. The van der Waals surface area contributed by atoms with Gasteiger partial charge in [0.25, 0.3) is 5.69 Å². The van der Waals surface area contributed by atoms with Gasteiger partial charge >= 0.3 is 0 Å². The molecule has 0 heterocycles. The Bertz CT molecular complexity index is 707. The number of non-ortho nitro benzene ring substituents is 1. The van der Waals surface area contributed by atoms with Crippen molar-refractivity contribution < 1.29 is 14.4 Å². The van der Waals surface area contributed by atoms with Gasteiger partial charge in [0.2, 0.25) is 0 Å². The molecule has 0 N–H and O–H groups in total. The highest BCUT2D eigenvalue weighted by Crippen LogP contribution is 2.23. The number of hydrogen-bond donors (Lipinski definition) is 0. The largest absolute Gasteiger partial charge is 0.497 e. The zero-order valence-electron chi connectivity index (χ0n) is 11.3. The smallest absolute Gasteiger partial charge is 0.269 e. The molecule has 0 radical (unpaired) electrons. The van der Waals surface area contributed by atoms with Crippen LogP contribution in [0.2, 0.25) is 0 Å². The predicted octanol–water partition coefficient (Wildman–Crippen LogP) is 3.05. The Labute approximate surface area is 121 Å². The molecule has 106 valence electrons. The molecule has 0 aliphatic rings. The summed E-state index contributed by atoms with van der Waals surface area (Å²) in [6, 6.07) is 13.1. The van der Waals surface area contributed by atoms with Crippen LogP contribution in [0.5, 0.6) is 11.5 Å². The maximum absolute atomic E-state index is 10.7. The van der Waals surface area contributed by atoms with Crippen molar-refractivity contribution >= 4 is 5.69 Å². The van der Waals surface area contributed by atoms with Crippen molar-refractivity contribution in [3.8, 4) is 17.6 Å². The second-order valence-corrected chi connectivity index (χ2v) is 4.22. The van der Waals surface area contributed by atoms with Gasteiger partial charge in [0.15, 0.2) is 0 Å². The van der Waals surface area contributed by atoms with Gasteiger partial charge in [-0.15, -0.1) is 0 Å². The van der Waals surface area contributed by atoms with Gasteiger partial charge in [0.1, 0.15) is 18.1 Å². The van der Waals surface area contributed by atoms with Crippen LogP contribution in [0.3, 0.4) is 0 Å². The molecule has 0 unspecified atom stereocenters. The fourth-order valence-electron chi connectivity index (χ4n) is 1.76. The number of nitro groups is 1. The first kappa shape index (κ1) is 14.3. The summed E-state index contributed by atoms with van der Waals surface area (Å²) >= 11 is 0. The predicted molar refractivity (Wildman–Crippen MR) is 75.1 cm³/mol. The van der Waals surface area contributed by atoms with Crippen LogP contribution in [0.25, 0.3) is 0 Å². The van der Waals surface area contributed by atoms with Gasteiger partial charge in [-0.05, 0) is 17.7 Å². The van der Waals surface area contributed by atoms with Crippen LogP contribution in [0.4, 0.5) is 5.69 Å². The molecule has 0 aliphatic carbocycles. The first-order valence-electron chi connectivity index (χ1n) is 6.07. The number of ether oxygens (including phenoxy) is 2. The number of nitrogens with zero attached hydrogens (tertiary/aromatic N) is 2. The van der Waals surface area contributed by atoms with Crippen LogP contribution in [-0.4, -0.2) is 12.0 Å². The van der Waals surface area contributed by atoms with Crippen LogP contribution in [0.15, 0.2) is 42.5 Å². The highest BCUT2D eigenvalue weighted by Gasteiger charge is 2.07. The number of nitro benzene ring substituents is 1. The molecule has 21 heavy (non-hydrogen) atoms. The summed E-state index contributed by atoms with van der Waals surface area (Å²) in [4.78, 5) is 10.3. The highest BCUT2D eigenvalue weighted by molar-refractivity contribution is 5.44. The number of nitriles is 1. The van der Waals surface area contributed by atoms with E-state index in [4.69, 9.17) is 14.7 Å². The van der Waals surface area contributed by atoms with Crippen LogP contribution < -0.4 is 9.47 Å². The first-order valence-corrected chi connectivity index (χ1v) is 6.07. The third kappa shape index (κ3) is 3.70. The second-order valence-electron chi connectivity index (χ2n) is 4.22. The average Bonchev–Trinajstić information content (AvgIpc) is 2.52. The second kappa shape index (κ2) is 6.39. The van der Waals surface area contributed by atoms with E-state index in [2.05, 4.69) is 0 Å². The number of hydrogen-bond acceptors (Lipinski definition) is 5. The summed E-state index contributed by atoms with van der Waals surface area (Å²) in [5.41, 5.74) is 1.10. The van der Waals surface area contributed by atoms with E-state index in [0.29, 0.717) is 22.6 Å². The number of methoxy groups -OCH3 is 1. The highest BCUT2D eigenvalue weighted by atomic mass is 16.6. The standard InChI is InChI=1S/C15H12N2O4/c1-20-14-6-12(9-16)7-15(8-14)21-10-11-3-2-4-13(5-11)17(18)19/h2-8H,10H2,1H3. The molecule has 0 atom stereocenters. The van der Waals surface area contributed by atoms with Gasteiger partial charge in [-0.25, -0.2) is 0 Å². The molecule has 0 amide bonds. The van der Waals surface area contributed by atoms with Gasteiger partial charge in [-0.1, -0.05) is 12.1 Å². The Kier molecular flexibility index (Phi) is 4.36. The van der Waals surface area contributed by atoms with Crippen molar-refractivity contribution in [2.24, 2.45) is 0 Å². The Morgan fingerprint density at radius 3 is 2.67 bits per heavy atom. The van der Waals surface area contributed by atoms with Gasteiger partial charge in [-0.3, -0.25) is 10.1 Å². The maximum atomic E-state index is 10.7. The zero-order chi connectivity index (χ0) is 15.2. The minimum atomic E-state index is -0.456. The summed E-state index contributed by atoms with van der Waals surface area (Å²) in [6.45, 7) is 0.166. The Hall–Kier alpha value is -3.07. The normalized spacial score (nSPS) is 9.71. The van der Waals surface area contributed by atoms with Crippen LogP contribution >= 0.6 is 0 Å². The molecular formula is C15H12N2O4. The van der Waals surface area contributed by atoms with E-state index >= 15 is 0 Å². The lowest BCUT2D eigenvalue weighted by molar-refractivity contribution is -0.384. The number of rotatable bonds is 5. The summed E-state index contributed by atoms with van der Waals surface area (Å²) in [6.07, 6.45) is 0. The van der Waals surface area contributed by atoms with E-state index in [1.54, 1.807) is 30.3 Å². The van der Waals surface area contributed by atoms with E-state index in [-0.39, 0.29) is 12.3 Å². The van der Waals surface area contributed by atoms with Gasteiger partial charge < -0.3 is 9.47 Å². The molecule has 0 aliphatic heterocycles. The fourth-order valence-corrected chi connectivity index (χ4v) is 1.76. The summed E-state index contributed by atoms with van der Waals surface area (Å²) in [5.74, 6) is 0.987. The third-order valence-electron chi connectivity index (χ3n) is 2.77. The molecule has 0 saturated carbocycles. The Morgan fingerprint density at radius 1 is 1.24 bits per heavy atom. The lowest BCUT2D eigenvalue weighted by atomic mass is 10.2. The average molecular weight is 284 g/mol. The molecule has 0 saturated heterocycles. The molecule has 6 heteroatoms. The lowest BCUT2D eigenvalue weighted by Gasteiger charge is -2.08. The molecular weight excluding hydrogens is 272 g/mol. The summed E-state index contributed by atoms with van der Waals surface area (Å²) in [5, 5.41) is 19.6. The van der Waals surface area contributed by atoms with Crippen LogP contribution in [0, 0.1) is 21.4 Å². The molecule has 6 nitrogen and oxygen atoms in total. The van der Waals surface area contributed by atoms with Crippen molar-refractivity contribution in [3.05, 3.63) is 63.7 Å². The summed E-state index contributed by atoms with van der Waals surface area (Å²) < 4.78 is 10.6. The molecule has 2 aromatic carbocycles. The van der Waals surface area contributed by atoms with Crippen LogP contribution in [-0.2, 0) is 6.61 Å². The van der Waals surface area contributed by atoms with E-state index in [9.17, 15) is 10.1 Å². The monoisotopic (exact) mass is 284 g/mol. The zero-order valence-corrected chi connectivity index (χ0v) is 11.3. The SMILES string of the molecule is COc1cc(C#N)cc(OCc2cccc([N+](=O)[O-])c2)c1. The molecule has 2 rings (SSSR count). The van der Waals surface area contributed by atoms with Gasteiger partial charge in [-0.2, -0.15) is 5.26 Å². The first-order chi connectivity index (χ1) is 10.1. The quantitative estimate of drug-likeness (QED) is 0.622. The molecule has 0 bridgehead atoms. The minimum Gasteiger partial charge on any atom is -0.497 e. The van der Waals surface area contributed by atoms with Crippen LogP contribution in [0.1, 0.15) is 11.1 Å². The topological polar surface area (TPSA) is 85.4 Å². The minimum absolute atomic E-state index is 0.0134. The third-order valence-corrected chi connectivity index (χ3v) is 2.77. The van der Waals surface area contributed by atoms with Crippen molar-refractivity contribution in [2.75, 3.05) is 7.11 Å². The van der Waals surface area contributed by atoms with Crippen molar-refractivity contribution in [3.63, 3.8) is 0 Å². The molecule has 0 spiro atoms. The fraction of sp³-hybridized carbons (Fsp3) is 0.133. The molecule has 0 aromatic heterocycles. The Balaban J connectivity index is 2.14. The number of benzene rings is 2. The van der Waals surface area contributed by atoms with Crippen molar-refractivity contribution in [2.45, 2.75) is 6.61 Å². The van der Waals surface area contributed by atoms with Crippen molar-refractivity contribution in [1.29, 1.82) is 5.26 Å². The Morgan fingerprint density at radius 2 is 2.00 bits per heavy atom. The lowest BCUT2D eigenvalue weighted by Crippen LogP contribution is -1.97. The maximum Gasteiger partial charge on any atom is 0.269 e. The molecule has 0 fully saturated rings. The van der Waals surface area contributed by atoms with E-state index in [1.165, 1.54) is 19.2 Å². The van der Waals surface area contributed by atoms with Crippen molar-refractivity contribution in [1.82, 2.24) is 0 Å². The van der Waals surface area contributed by atoms with E-state index in [1.807, 2.05) is 6.07 Å². The van der Waals surface area contributed by atoms with E-state index < -0.39 is 4.92 Å².